The Hall–Kier alpha value is -5.75. The van der Waals surface area contributed by atoms with E-state index in [4.69, 9.17) is 8.23 Å². The molecule has 0 spiro atoms. The molecule has 4 aliphatic heterocycles. The van der Waals surface area contributed by atoms with E-state index in [0.717, 1.165) is 50.9 Å². The van der Waals surface area contributed by atoms with E-state index in [9.17, 15) is 57.5 Å². The van der Waals surface area contributed by atoms with E-state index in [1.54, 1.807) is 107 Å². The van der Waals surface area contributed by atoms with Gasteiger partial charge in [0.1, 0.15) is 0 Å². The van der Waals surface area contributed by atoms with E-state index in [-0.39, 0.29) is 310 Å². The van der Waals surface area contributed by atoms with Crippen LogP contribution in [0, 0.1) is 29.7 Å². The number of imide groups is 4. The number of fused-ring (bicyclic) bond motifs is 5. The molecule has 14 rings (SSSR count). The molecule has 0 saturated carbocycles. The van der Waals surface area contributed by atoms with E-state index in [2.05, 4.69) is 33.1 Å². The number of anilines is 6. The van der Waals surface area contributed by atoms with Gasteiger partial charge in [-0.25, -0.2) is 14.7 Å². The van der Waals surface area contributed by atoms with Gasteiger partial charge in [-0.2, -0.15) is 0 Å². The predicted molar refractivity (Wildman–Crippen MR) is 491 cm³/mol. The quantitative estimate of drug-likeness (QED) is 0.0200. The Morgan fingerprint density at radius 2 is 0.579 bits per heavy atom. The van der Waals surface area contributed by atoms with E-state index in [1.165, 1.54) is 49.1 Å². The molecule has 4 N–H and O–H groups in total. The summed E-state index contributed by atoms with van der Waals surface area (Å²) in [5, 5.41) is 11.2. The summed E-state index contributed by atoms with van der Waals surface area (Å²) in [6.45, 7) is 18.7. The molecule has 10 aromatic rings. The fourth-order valence-electron chi connectivity index (χ4n) is 13.9. The minimum absolute atomic E-state index is 0. The zero-order chi connectivity index (χ0) is 82.4. The molecule has 4 heterocycles. The van der Waals surface area contributed by atoms with Crippen molar-refractivity contribution in [2.45, 2.75) is 114 Å². The topological polar surface area (TPSA) is 284 Å². The van der Waals surface area contributed by atoms with Gasteiger partial charge in [-0.1, -0.05) is 127 Å². The first-order valence-corrected chi connectivity index (χ1v) is 46.2. The van der Waals surface area contributed by atoms with E-state index in [0.29, 0.717) is 87.3 Å². The largest absolute Gasteiger partial charge is 0.424 e. The molecule has 0 saturated heterocycles. The van der Waals surface area contributed by atoms with Crippen molar-refractivity contribution in [3.63, 3.8) is 0 Å². The molecule has 31 heteroatoms. The van der Waals surface area contributed by atoms with Crippen molar-refractivity contribution < 1.29 is 262 Å². The summed E-state index contributed by atoms with van der Waals surface area (Å²) in [6, 6.07) is 61.1. The summed E-state index contributed by atoms with van der Waals surface area (Å²) in [5.74, 6) is -3.25. The van der Waals surface area contributed by atoms with Crippen LogP contribution in [-0.2, 0) is 211 Å². The van der Waals surface area contributed by atoms with Gasteiger partial charge in [0.05, 0.1) is 61.6 Å². The molecule has 8 amide bonds. The smallest absolute Gasteiger partial charge is 0.313 e. The molecule has 0 fully saturated rings. The molecular weight excluding hydrogens is 2090 g/mol. The molecular formula is C95H110N8O14Si3Y6-4. The van der Waals surface area contributed by atoms with E-state index < -0.39 is 49.1 Å². The average molecular weight is 2210 g/mol. The Kier molecular flexibility index (Phi) is 51.5. The van der Waals surface area contributed by atoms with Crippen LogP contribution in [0.15, 0.2) is 206 Å². The van der Waals surface area contributed by atoms with Gasteiger partial charge in [-0.3, -0.25) is 62.1 Å². The second-order valence-electron chi connectivity index (χ2n) is 28.9. The van der Waals surface area contributed by atoms with Crippen LogP contribution in [0.5, 0.6) is 0 Å². The summed E-state index contributed by atoms with van der Waals surface area (Å²) < 4.78 is 13.9. The van der Waals surface area contributed by atoms with Crippen LogP contribution >= 0.6 is 0 Å². The standard InChI is InChI=1S/C25H22N2O3.C24H20N2O3.C22H18N2O3.C18H30N2O5Si3.2CH4.4CH3.6Y/c1-3-23(28)18-8-13-21-22(15-18)25(30)27(24(21)29)20-11-6-17(7-12-20)14-16-4-9-19(26-2)10-5-16;1-3-22(27)17-8-13-20-21(14-17)24(29)26(23(20)28)19-11-6-16(7-12-19)15-4-9-18(25-2)10-5-15;1-3-20(25)15-6-9-18-19(12-15)22(27)24(21(18)26)17-8-5-13-10-16(23-2)7-4-14(13)11-17;1-9-16(21)13-10-11-14-15(12-13)18(23)20(17(14)22)27(5,6)25-28(7,8)24-26(3,4)19-2;;;;;;;;;;;;/h4-13,15,26H,3,14H2,1-2H3;4-14,25H,3H2,1-2H3;4-12,23H,3H2,1-2H3;10-12,19H,9H2,1-8H3;2*1H4;4*1H3;;;;;;/q;;;;;;4*-1;;;;;;. The zero-order valence-corrected chi connectivity index (χ0v) is 93.7. The third kappa shape index (κ3) is 27.5. The fraction of sp³-hybridized carbons (Fsp3) is 0.221. The van der Waals surface area contributed by atoms with Crippen LogP contribution in [-0.4, -0.2) is 129 Å². The minimum atomic E-state index is -2.91. The molecule has 0 bridgehead atoms. The molecule has 22 nitrogen and oxygen atoms in total. The van der Waals surface area contributed by atoms with Gasteiger partial charge < -0.3 is 58.9 Å². The van der Waals surface area contributed by atoms with Crippen molar-refractivity contribution in [2.24, 2.45) is 0 Å². The maximum absolute atomic E-state index is 13.1. The molecule has 648 valence electrons. The summed E-state index contributed by atoms with van der Waals surface area (Å²) in [4.78, 5) is 158. The number of benzene rings is 10. The minimum Gasteiger partial charge on any atom is -0.424 e. The maximum atomic E-state index is 13.1. The Bertz CT molecular complexity index is 5590. The van der Waals surface area contributed by atoms with Gasteiger partial charge in [0.15, 0.2) is 23.1 Å². The monoisotopic (exact) mass is 2200 g/mol. The van der Waals surface area contributed by atoms with E-state index in [1.807, 2.05) is 158 Å². The summed E-state index contributed by atoms with van der Waals surface area (Å²) in [7, 11) is -0.139. The molecule has 4 aliphatic rings. The number of carbonyl (C=O) groups is 12. The Morgan fingerprint density at radius 1 is 0.310 bits per heavy atom. The van der Waals surface area contributed by atoms with Gasteiger partial charge in [0, 0.05) is 282 Å². The zero-order valence-electron chi connectivity index (χ0n) is 73.6. The van der Waals surface area contributed by atoms with Gasteiger partial charge in [0.25, 0.3) is 64.2 Å². The summed E-state index contributed by atoms with van der Waals surface area (Å²) in [6.07, 6.45) is 2.15. The van der Waals surface area contributed by atoms with Crippen LogP contribution in [0.25, 0.3) is 21.9 Å². The number of rotatable bonds is 23. The van der Waals surface area contributed by atoms with Gasteiger partial charge in [0.2, 0.25) is 0 Å². The maximum Gasteiger partial charge on any atom is 0.313 e. The average Bonchev–Trinajstić information content (AvgIpc) is 1.62. The Morgan fingerprint density at radius 3 is 0.929 bits per heavy atom. The second-order valence-corrected chi connectivity index (χ2v) is 40.2. The molecule has 10 aromatic carbocycles. The molecule has 0 aromatic heterocycles. The van der Waals surface area contributed by atoms with Crippen LogP contribution in [0.3, 0.4) is 0 Å². The van der Waals surface area contributed by atoms with Crippen molar-refractivity contribution in [3.8, 4) is 11.1 Å². The number of nitrogens with one attached hydrogen (secondary N) is 4. The number of nitrogens with zero attached hydrogens (tertiary/aromatic N) is 4. The number of ketones is 4. The van der Waals surface area contributed by atoms with Crippen LogP contribution in [0.1, 0.15) is 204 Å². The van der Waals surface area contributed by atoms with E-state index >= 15 is 0 Å². The van der Waals surface area contributed by atoms with Crippen molar-refractivity contribution in [3.05, 3.63) is 314 Å². The van der Waals surface area contributed by atoms with Crippen LogP contribution in [0.4, 0.5) is 34.1 Å². The fourth-order valence-corrected chi connectivity index (χ4v) is 26.2. The number of amides is 8. The molecule has 0 unspecified atom stereocenters. The van der Waals surface area contributed by atoms with Crippen LogP contribution in [0.2, 0.25) is 39.3 Å². The number of hydrogen-bond acceptors (Lipinski definition) is 18. The Balaban J connectivity index is 0. The summed E-state index contributed by atoms with van der Waals surface area (Å²) >= 11 is 0. The summed E-state index contributed by atoms with van der Waals surface area (Å²) in [5.41, 5.74) is 13.2. The van der Waals surface area contributed by atoms with Crippen molar-refractivity contribution in [1.82, 2.24) is 9.55 Å². The van der Waals surface area contributed by atoms with Crippen LogP contribution < -0.4 is 35.6 Å². The SMILES string of the molecule is C.C.CCC(=O)c1ccc2c(c1)C(=O)N([Si](C)(C)O[Si](C)(C)O[Si](C)(C)NC)C2=O.CCC(=O)c1ccc2c(c1)C(=O)N(c1ccc(-c3ccc(NC)cc3)cc1)C2=O.CCC(=O)c1ccc2c(c1)C(=O)N(c1ccc(Cc3ccc(NC)cc3)cc1)C2=O.CCC(=O)c1ccc2c(c1)C(=O)N(c1ccc3cc(NC)ccc3c1)C2=O.[CH3-].[CH3-].[CH3-].[CH3-].[Y].[Y].[Y].[Y].[Y].[Y]. The molecule has 0 atom stereocenters. The molecule has 6 radical (unpaired) electrons. The molecule has 0 aliphatic carbocycles. The third-order valence-corrected chi connectivity index (χ3v) is 30.8. The number of carbonyl (C=O) groups excluding carboxylic acids is 12. The normalized spacial score (nSPS) is 12.2. The van der Waals surface area contributed by atoms with Gasteiger partial charge >= 0.3 is 8.56 Å². The van der Waals surface area contributed by atoms with Crippen molar-refractivity contribution in [1.29, 1.82) is 0 Å². The third-order valence-electron chi connectivity index (χ3n) is 20.1. The Labute approximate surface area is 898 Å². The van der Waals surface area contributed by atoms with Gasteiger partial charge in [-0.05, 0) is 207 Å². The first-order chi connectivity index (χ1) is 54.3. The van der Waals surface area contributed by atoms with Crippen molar-refractivity contribution >= 4 is 141 Å². The number of Topliss-reactive ketones (excluding diaryl/α,β-unsaturated/α-hetero) is 4. The molecule has 126 heavy (non-hydrogen) atoms. The first kappa shape index (κ1) is 122. The van der Waals surface area contributed by atoms with Gasteiger partial charge in [-0.15, -0.1) is 0 Å². The predicted octanol–water partition coefficient (Wildman–Crippen LogP) is 20.1. The number of hydrogen-bond donors (Lipinski definition) is 4. The first-order valence-electron chi connectivity index (χ1n) is 37.6. The second kappa shape index (κ2) is 53.1. The van der Waals surface area contributed by atoms with Crippen molar-refractivity contribution in [2.75, 3.05) is 58.8 Å².